The second kappa shape index (κ2) is 13.1. The van der Waals surface area contributed by atoms with E-state index in [4.69, 9.17) is 9.97 Å². The van der Waals surface area contributed by atoms with Gasteiger partial charge in [0.1, 0.15) is 0 Å². The molecule has 0 radical (unpaired) electrons. The van der Waals surface area contributed by atoms with Crippen LogP contribution in [0, 0.1) is 0 Å². The summed E-state index contributed by atoms with van der Waals surface area (Å²) in [5.41, 5.74) is 13.5. The van der Waals surface area contributed by atoms with Gasteiger partial charge in [0.25, 0.3) is 0 Å². The van der Waals surface area contributed by atoms with Crippen LogP contribution in [0.3, 0.4) is 0 Å². The zero-order valence-corrected chi connectivity index (χ0v) is 29.6. The van der Waals surface area contributed by atoms with Gasteiger partial charge in [-0.1, -0.05) is 152 Å². The summed E-state index contributed by atoms with van der Waals surface area (Å²) in [7, 11) is 0. The topological polar surface area (TPSA) is 25.8 Å². The average Bonchev–Trinajstić information content (AvgIpc) is 3.60. The van der Waals surface area contributed by atoms with Crippen molar-refractivity contribution < 1.29 is 0 Å². The molecule has 0 bridgehead atoms. The van der Waals surface area contributed by atoms with Crippen molar-refractivity contribution in [1.82, 2.24) is 9.97 Å². The SMILES string of the molecule is c1ccc(-c2cc(-c3ccccc3)cc(-c3cccc(-c4cccc(-c5nc(-c6ccccc6)nc6c5sc5cc7ccccc7cc56)c4)c3)c2)cc1. The van der Waals surface area contributed by atoms with Crippen molar-refractivity contribution in [2.75, 3.05) is 0 Å². The van der Waals surface area contributed by atoms with Crippen molar-refractivity contribution in [3.63, 3.8) is 0 Å². The number of benzene rings is 8. The van der Waals surface area contributed by atoms with Gasteiger partial charge in [-0.2, -0.15) is 0 Å². The first-order chi connectivity index (χ1) is 26.2. The fourth-order valence-corrected chi connectivity index (χ4v) is 8.54. The summed E-state index contributed by atoms with van der Waals surface area (Å²) >= 11 is 1.78. The van der Waals surface area contributed by atoms with E-state index in [1.807, 2.05) is 18.2 Å². The first-order valence-corrected chi connectivity index (χ1v) is 18.7. The Morgan fingerprint density at radius 3 is 1.36 bits per heavy atom. The Balaban J connectivity index is 1.11. The van der Waals surface area contributed by atoms with E-state index in [0.717, 1.165) is 44.0 Å². The van der Waals surface area contributed by atoms with Crippen LogP contribution in [0.25, 0.3) is 98.2 Å². The lowest BCUT2D eigenvalue weighted by Gasteiger charge is -2.13. The molecule has 10 aromatic rings. The summed E-state index contributed by atoms with van der Waals surface area (Å²) in [5.74, 6) is 0.737. The second-order valence-electron chi connectivity index (χ2n) is 13.4. The Morgan fingerprint density at radius 2 is 0.755 bits per heavy atom. The van der Waals surface area contributed by atoms with E-state index in [-0.39, 0.29) is 0 Å². The third-order valence-corrected chi connectivity index (χ3v) is 11.2. The first-order valence-electron chi connectivity index (χ1n) is 17.9. The summed E-state index contributed by atoms with van der Waals surface area (Å²) in [5, 5.41) is 3.62. The number of aromatic nitrogens is 2. The van der Waals surface area contributed by atoms with Crippen molar-refractivity contribution in [3.8, 4) is 67.2 Å². The van der Waals surface area contributed by atoms with Crippen LogP contribution >= 0.6 is 11.3 Å². The van der Waals surface area contributed by atoms with Gasteiger partial charge >= 0.3 is 0 Å². The Bertz CT molecular complexity index is 2870. The normalized spacial score (nSPS) is 11.4. The van der Waals surface area contributed by atoms with E-state index >= 15 is 0 Å². The molecule has 2 aromatic heterocycles. The molecular weight excluding hydrogens is 661 g/mol. The molecule has 248 valence electrons. The number of thiophene rings is 1. The third kappa shape index (κ3) is 5.87. The predicted octanol–water partition coefficient (Wildman–Crippen LogP) is 14.0. The summed E-state index contributed by atoms with van der Waals surface area (Å²) in [6.45, 7) is 0. The minimum atomic E-state index is 0.737. The largest absolute Gasteiger partial charge is 0.226 e. The maximum absolute atomic E-state index is 5.28. The fraction of sp³-hybridized carbons (Fsp3) is 0. The molecule has 3 heteroatoms. The first kappa shape index (κ1) is 31.1. The number of rotatable bonds is 6. The van der Waals surface area contributed by atoms with Crippen LogP contribution in [-0.4, -0.2) is 9.97 Å². The standard InChI is InChI=1S/C50H32N2S/c1-4-14-33(15-5-1)42-28-43(34-16-6-2-7-17-34)30-44(29-42)38-24-12-22-36(26-38)37-23-13-25-41(27-37)47-49-48(52-50(51-47)35-18-8-3-9-19-35)45-31-39-20-10-11-21-40(39)32-46(45)53-49/h1-32H. The number of nitrogens with zero attached hydrogens (tertiary/aromatic N) is 2. The van der Waals surface area contributed by atoms with Crippen LogP contribution in [0.2, 0.25) is 0 Å². The third-order valence-electron chi connectivity index (χ3n) is 10.0. The molecule has 0 spiro atoms. The molecule has 2 nitrogen and oxygen atoms in total. The number of fused-ring (bicyclic) bond motifs is 4. The highest BCUT2D eigenvalue weighted by molar-refractivity contribution is 7.26. The van der Waals surface area contributed by atoms with Gasteiger partial charge in [-0.25, -0.2) is 9.97 Å². The van der Waals surface area contributed by atoms with Crippen molar-refractivity contribution in [2.24, 2.45) is 0 Å². The Kier molecular flexibility index (Phi) is 7.71. The lowest BCUT2D eigenvalue weighted by molar-refractivity contribution is 1.24. The van der Waals surface area contributed by atoms with Gasteiger partial charge in [0, 0.05) is 21.2 Å². The fourth-order valence-electron chi connectivity index (χ4n) is 7.35. The highest BCUT2D eigenvalue weighted by Gasteiger charge is 2.18. The van der Waals surface area contributed by atoms with Crippen molar-refractivity contribution in [1.29, 1.82) is 0 Å². The van der Waals surface area contributed by atoms with Gasteiger partial charge in [0.15, 0.2) is 5.82 Å². The lowest BCUT2D eigenvalue weighted by atomic mass is 9.92. The smallest absolute Gasteiger partial charge is 0.160 e. The van der Waals surface area contributed by atoms with E-state index in [9.17, 15) is 0 Å². The van der Waals surface area contributed by atoms with E-state index in [1.165, 1.54) is 54.2 Å². The monoisotopic (exact) mass is 692 g/mol. The highest BCUT2D eigenvalue weighted by atomic mass is 32.1. The van der Waals surface area contributed by atoms with E-state index < -0.39 is 0 Å². The molecule has 0 aliphatic heterocycles. The minimum absolute atomic E-state index is 0.737. The Labute approximate surface area is 312 Å². The van der Waals surface area contributed by atoms with Gasteiger partial charge in [0.05, 0.1) is 15.9 Å². The van der Waals surface area contributed by atoms with Crippen molar-refractivity contribution in [2.45, 2.75) is 0 Å². The quantitative estimate of drug-likeness (QED) is 0.173. The molecule has 0 atom stereocenters. The van der Waals surface area contributed by atoms with Crippen molar-refractivity contribution in [3.05, 3.63) is 194 Å². The molecule has 0 unspecified atom stereocenters. The molecule has 53 heavy (non-hydrogen) atoms. The highest BCUT2D eigenvalue weighted by Crippen LogP contribution is 2.42. The summed E-state index contributed by atoms with van der Waals surface area (Å²) < 4.78 is 2.32. The summed E-state index contributed by atoms with van der Waals surface area (Å²) in [6, 6.07) is 69.4. The molecule has 0 aliphatic carbocycles. The zero-order valence-electron chi connectivity index (χ0n) is 28.8. The lowest BCUT2D eigenvalue weighted by Crippen LogP contribution is -1.93. The Morgan fingerprint density at radius 1 is 0.321 bits per heavy atom. The second-order valence-corrected chi connectivity index (χ2v) is 14.5. The van der Waals surface area contributed by atoms with Gasteiger partial charge < -0.3 is 0 Å². The van der Waals surface area contributed by atoms with Gasteiger partial charge in [-0.15, -0.1) is 11.3 Å². The molecule has 0 fully saturated rings. The molecular formula is C50H32N2S. The number of hydrogen-bond acceptors (Lipinski definition) is 3. The molecule has 2 heterocycles. The van der Waals surface area contributed by atoms with E-state index in [1.54, 1.807) is 11.3 Å². The number of hydrogen-bond donors (Lipinski definition) is 0. The summed E-state index contributed by atoms with van der Waals surface area (Å²) in [4.78, 5) is 10.5. The average molecular weight is 693 g/mol. The Hall–Kier alpha value is -6.68. The van der Waals surface area contributed by atoms with Gasteiger partial charge in [0.2, 0.25) is 0 Å². The predicted molar refractivity (Wildman–Crippen MR) is 225 cm³/mol. The maximum Gasteiger partial charge on any atom is 0.160 e. The molecule has 10 rings (SSSR count). The maximum atomic E-state index is 5.28. The van der Waals surface area contributed by atoms with Crippen LogP contribution in [0.1, 0.15) is 0 Å². The van der Waals surface area contributed by atoms with Crippen molar-refractivity contribution >= 4 is 42.4 Å². The van der Waals surface area contributed by atoms with E-state index in [0.29, 0.717) is 0 Å². The van der Waals surface area contributed by atoms with Gasteiger partial charge in [-0.3, -0.25) is 0 Å². The van der Waals surface area contributed by atoms with Crippen LogP contribution in [0.15, 0.2) is 194 Å². The van der Waals surface area contributed by atoms with Crippen LogP contribution in [0.5, 0.6) is 0 Å². The molecule has 0 aliphatic rings. The van der Waals surface area contributed by atoms with E-state index in [2.05, 4.69) is 176 Å². The zero-order chi connectivity index (χ0) is 35.1. The molecule has 0 saturated carbocycles. The van der Waals surface area contributed by atoms with Gasteiger partial charge in [-0.05, 0) is 97.7 Å². The van der Waals surface area contributed by atoms with Crippen LogP contribution < -0.4 is 0 Å². The molecule has 8 aromatic carbocycles. The van der Waals surface area contributed by atoms with Crippen LogP contribution in [0.4, 0.5) is 0 Å². The minimum Gasteiger partial charge on any atom is -0.226 e. The molecule has 0 saturated heterocycles. The van der Waals surface area contributed by atoms with Crippen LogP contribution in [-0.2, 0) is 0 Å². The molecule has 0 amide bonds. The molecule has 0 N–H and O–H groups in total. The summed E-state index contributed by atoms with van der Waals surface area (Å²) in [6.07, 6.45) is 0.